The highest BCUT2D eigenvalue weighted by Crippen LogP contribution is 2.34. The maximum absolute atomic E-state index is 12.8. The van der Waals surface area contributed by atoms with Crippen LogP contribution in [-0.4, -0.2) is 41.2 Å². The Morgan fingerprint density at radius 3 is 2.37 bits per heavy atom. The van der Waals surface area contributed by atoms with Gasteiger partial charge in [-0.25, -0.2) is 9.59 Å². The molecule has 43 heavy (non-hydrogen) atoms. The van der Waals surface area contributed by atoms with Crippen LogP contribution in [-0.2, 0) is 26.6 Å². The largest absolute Gasteiger partial charge is 0.480 e. The average Bonchev–Trinajstić information content (AvgIpc) is 3.42. The molecule has 2 heterocycles. The number of fused-ring (bicyclic) bond motifs is 2. The maximum Gasteiger partial charge on any atom is 0.339 e. The van der Waals surface area contributed by atoms with Crippen LogP contribution < -0.4 is 16.3 Å². The third-order valence-corrected chi connectivity index (χ3v) is 8.25. The first kappa shape index (κ1) is 29.7. The number of hydrogen-bond donors (Lipinski definition) is 3. The molecule has 0 bridgehead atoms. The lowest BCUT2D eigenvalue weighted by molar-refractivity contribution is -0.141. The standard InChI is InChI=1S/C33H30N2O7S/c1-20-23(33(40)42-29-15-28-25(14-24(20)29)26(17-41-28)22-10-6-3-7-11-22)12-13-30(36)34-16-31(37)35-27(32(38)39)19-43-18-21-8-4-2-5-9-21/h2-11,14-15,17,27H,12-13,16,18-19H2,1H3,(H,34,36)(H,35,37)(H,38,39)/t27-/m0/s1. The van der Waals surface area contributed by atoms with E-state index in [4.69, 9.17) is 8.83 Å². The van der Waals surface area contributed by atoms with Crippen molar-refractivity contribution in [3.8, 4) is 11.1 Å². The van der Waals surface area contributed by atoms with E-state index in [1.54, 1.807) is 12.3 Å². The smallest absolute Gasteiger partial charge is 0.339 e. The van der Waals surface area contributed by atoms with E-state index >= 15 is 0 Å². The Balaban J connectivity index is 1.19. The SMILES string of the molecule is Cc1c(CCC(=O)NCC(=O)N[C@@H](CSCc2ccccc2)C(=O)O)c(=O)oc2cc3occ(-c4ccccc4)c3cc12. The number of hydrogen-bond acceptors (Lipinski definition) is 7. The number of thioether (sulfide) groups is 1. The van der Waals surface area contributed by atoms with Crippen molar-refractivity contribution in [1.82, 2.24) is 10.6 Å². The lowest BCUT2D eigenvalue weighted by Gasteiger charge is -2.15. The van der Waals surface area contributed by atoms with Gasteiger partial charge in [0, 0.05) is 45.9 Å². The maximum atomic E-state index is 12.8. The number of nitrogens with one attached hydrogen (secondary N) is 2. The van der Waals surface area contributed by atoms with E-state index in [0.717, 1.165) is 27.5 Å². The minimum Gasteiger partial charge on any atom is -0.480 e. The number of aliphatic carboxylic acids is 1. The van der Waals surface area contributed by atoms with Gasteiger partial charge in [0.1, 0.15) is 17.2 Å². The fourth-order valence-electron chi connectivity index (χ4n) is 4.84. The van der Waals surface area contributed by atoms with Gasteiger partial charge in [-0.05, 0) is 36.1 Å². The summed E-state index contributed by atoms with van der Waals surface area (Å²) in [6, 6.07) is 22.0. The molecule has 220 valence electrons. The van der Waals surface area contributed by atoms with Crippen molar-refractivity contribution < 1.29 is 28.3 Å². The summed E-state index contributed by atoms with van der Waals surface area (Å²) in [7, 11) is 0. The highest BCUT2D eigenvalue weighted by molar-refractivity contribution is 7.98. The number of aryl methyl sites for hydroxylation is 1. The number of carbonyl (C=O) groups excluding carboxylic acids is 2. The first-order valence-electron chi connectivity index (χ1n) is 13.7. The van der Waals surface area contributed by atoms with Gasteiger partial charge in [0.25, 0.3) is 0 Å². The predicted molar refractivity (Wildman–Crippen MR) is 166 cm³/mol. The van der Waals surface area contributed by atoms with Crippen molar-refractivity contribution in [3.05, 3.63) is 106 Å². The monoisotopic (exact) mass is 598 g/mol. The zero-order valence-corrected chi connectivity index (χ0v) is 24.2. The van der Waals surface area contributed by atoms with Crippen LogP contribution in [0.3, 0.4) is 0 Å². The molecule has 10 heteroatoms. The summed E-state index contributed by atoms with van der Waals surface area (Å²) in [5.74, 6) is -1.42. The third kappa shape index (κ3) is 7.15. The van der Waals surface area contributed by atoms with Crippen LogP contribution in [0.1, 0.15) is 23.1 Å². The average molecular weight is 599 g/mol. The van der Waals surface area contributed by atoms with Crippen molar-refractivity contribution in [3.63, 3.8) is 0 Å². The lowest BCUT2D eigenvalue weighted by atomic mass is 9.99. The van der Waals surface area contributed by atoms with Crippen LogP contribution in [0.4, 0.5) is 0 Å². The van der Waals surface area contributed by atoms with Crippen molar-refractivity contribution in [2.75, 3.05) is 12.3 Å². The van der Waals surface area contributed by atoms with Crippen molar-refractivity contribution >= 4 is 51.5 Å². The Morgan fingerprint density at radius 1 is 0.930 bits per heavy atom. The van der Waals surface area contributed by atoms with Crippen LogP contribution in [0.5, 0.6) is 0 Å². The summed E-state index contributed by atoms with van der Waals surface area (Å²) in [6.07, 6.45) is 1.74. The van der Waals surface area contributed by atoms with Gasteiger partial charge in [-0.15, -0.1) is 0 Å². The molecule has 0 saturated heterocycles. The van der Waals surface area contributed by atoms with E-state index < -0.39 is 29.5 Å². The summed E-state index contributed by atoms with van der Waals surface area (Å²) < 4.78 is 11.3. The molecule has 2 aromatic heterocycles. The van der Waals surface area contributed by atoms with E-state index in [2.05, 4.69) is 10.6 Å². The van der Waals surface area contributed by atoms with Gasteiger partial charge in [-0.3, -0.25) is 9.59 Å². The zero-order valence-electron chi connectivity index (χ0n) is 23.4. The molecule has 3 aromatic carbocycles. The first-order valence-corrected chi connectivity index (χ1v) is 14.9. The Hall–Kier alpha value is -4.83. The third-order valence-electron chi connectivity index (χ3n) is 7.14. The summed E-state index contributed by atoms with van der Waals surface area (Å²) in [6.45, 7) is 1.44. The van der Waals surface area contributed by atoms with Crippen LogP contribution in [0.2, 0.25) is 0 Å². The number of carboxylic acids is 1. The highest BCUT2D eigenvalue weighted by atomic mass is 32.2. The topological polar surface area (TPSA) is 139 Å². The van der Waals surface area contributed by atoms with Gasteiger partial charge >= 0.3 is 11.6 Å². The zero-order chi connectivity index (χ0) is 30.3. The fraction of sp³-hybridized carbons (Fsp3) is 0.212. The van der Waals surface area contributed by atoms with E-state index in [1.165, 1.54) is 11.8 Å². The molecule has 2 amide bonds. The number of furan rings is 1. The van der Waals surface area contributed by atoms with E-state index in [9.17, 15) is 24.3 Å². The van der Waals surface area contributed by atoms with Crippen LogP contribution in [0, 0.1) is 6.92 Å². The molecule has 3 N–H and O–H groups in total. The van der Waals surface area contributed by atoms with Crippen molar-refractivity contribution in [2.24, 2.45) is 0 Å². The molecule has 5 rings (SSSR count). The molecular formula is C33H30N2O7S. The summed E-state index contributed by atoms with van der Waals surface area (Å²) in [4.78, 5) is 49.3. The molecular weight excluding hydrogens is 568 g/mol. The second-order valence-corrected chi connectivity index (χ2v) is 11.1. The van der Waals surface area contributed by atoms with Gasteiger partial charge in [0.15, 0.2) is 0 Å². The van der Waals surface area contributed by atoms with Gasteiger partial charge in [-0.1, -0.05) is 60.7 Å². The van der Waals surface area contributed by atoms with Crippen LogP contribution in [0.25, 0.3) is 33.1 Å². The van der Waals surface area contributed by atoms with Crippen LogP contribution in [0.15, 0.2) is 92.7 Å². The molecule has 0 radical (unpaired) electrons. The molecule has 0 saturated carbocycles. The molecule has 9 nitrogen and oxygen atoms in total. The number of benzene rings is 3. The van der Waals surface area contributed by atoms with E-state index in [0.29, 0.717) is 28.0 Å². The van der Waals surface area contributed by atoms with Crippen molar-refractivity contribution in [1.29, 1.82) is 0 Å². The molecule has 0 unspecified atom stereocenters. The van der Waals surface area contributed by atoms with Crippen LogP contribution >= 0.6 is 11.8 Å². The molecule has 0 spiro atoms. The van der Waals surface area contributed by atoms with E-state index in [-0.39, 0.29) is 25.1 Å². The quantitative estimate of drug-likeness (QED) is 0.169. The molecule has 0 fully saturated rings. The van der Waals surface area contributed by atoms with Gasteiger partial charge in [0.2, 0.25) is 11.8 Å². The van der Waals surface area contributed by atoms with E-state index in [1.807, 2.05) is 73.7 Å². The summed E-state index contributed by atoms with van der Waals surface area (Å²) in [5.41, 5.74) is 4.50. The molecule has 0 aliphatic carbocycles. The summed E-state index contributed by atoms with van der Waals surface area (Å²) >= 11 is 1.39. The second-order valence-electron chi connectivity index (χ2n) is 10.1. The Bertz CT molecular complexity index is 1830. The second kappa shape index (κ2) is 13.4. The van der Waals surface area contributed by atoms with Crippen molar-refractivity contribution in [2.45, 2.75) is 31.6 Å². The fourth-order valence-corrected chi connectivity index (χ4v) is 5.84. The normalized spacial score (nSPS) is 11.8. The molecule has 5 aromatic rings. The highest BCUT2D eigenvalue weighted by Gasteiger charge is 2.21. The van der Waals surface area contributed by atoms with Gasteiger partial charge < -0.3 is 24.6 Å². The minimum atomic E-state index is -1.15. The number of carbonyl (C=O) groups is 3. The minimum absolute atomic E-state index is 0.0527. The first-order chi connectivity index (χ1) is 20.8. The number of carboxylic acid groups (broad SMARTS) is 1. The number of amides is 2. The Kier molecular flexibility index (Phi) is 9.26. The predicted octanol–water partition coefficient (Wildman–Crippen LogP) is 5.07. The molecule has 0 aliphatic rings. The Labute approximate surface area is 251 Å². The van der Waals surface area contributed by atoms with Gasteiger partial charge in [-0.2, -0.15) is 11.8 Å². The van der Waals surface area contributed by atoms with Gasteiger partial charge in [0.05, 0.1) is 12.8 Å². The summed E-state index contributed by atoms with van der Waals surface area (Å²) in [5, 5.41) is 16.1. The number of rotatable bonds is 12. The lowest BCUT2D eigenvalue weighted by Crippen LogP contribution is -2.46. The molecule has 1 atom stereocenters. The molecule has 0 aliphatic heterocycles. The Morgan fingerprint density at radius 2 is 1.65 bits per heavy atom.